The fourth-order valence-corrected chi connectivity index (χ4v) is 2.52. The molecule has 6 heteroatoms. The highest BCUT2D eigenvalue weighted by Gasteiger charge is 2.19. The Labute approximate surface area is 138 Å². The van der Waals surface area contributed by atoms with Crippen molar-refractivity contribution in [1.29, 1.82) is 5.26 Å². The van der Waals surface area contributed by atoms with Gasteiger partial charge >= 0.3 is 0 Å². The van der Waals surface area contributed by atoms with E-state index in [1.807, 2.05) is 13.0 Å². The van der Waals surface area contributed by atoms with Crippen molar-refractivity contribution in [3.05, 3.63) is 53.6 Å². The summed E-state index contributed by atoms with van der Waals surface area (Å²) in [6.07, 6.45) is -0.214. The van der Waals surface area contributed by atoms with Gasteiger partial charge in [-0.2, -0.15) is 5.26 Å². The number of halogens is 1. The normalized spacial score (nSPS) is 13.6. The number of hydrogen-bond acceptors (Lipinski definition) is 4. The number of nitrogens with zero attached hydrogens (tertiary/aromatic N) is 2. The quantitative estimate of drug-likeness (QED) is 0.771. The van der Waals surface area contributed by atoms with Gasteiger partial charge in [0.15, 0.2) is 0 Å². The van der Waals surface area contributed by atoms with E-state index in [9.17, 15) is 4.39 Å². The molecule has 0 spiro atoms. The standard InChI is InChI=1S/C18H17FN4O/c1-10(24-2)17(21)18-22-15-7-13(14(19)8-16(15)23-18)12-5-3-11(9-20)4-6-12/h3-8,10,17H,21H2,1-2H3,(H,22,23). The summed E-state index contributed by atoms with van der Waals surface area (Å²) in [6, 6.07) is 11.5. The first-order chi connectivity index (χ1) is 11.5. The lowest BCUT2D eigenvalue weighted by Crippen LogP contribution is -2.26. The largest absolute Gasteiger partial charge is 0.380 e. The Hall–Kier alpha value is -2.75. The highest BCUT2D eigenvalue weighted by atomic mass is 19.1. The Morgan fingerprint density at radius 1 is 1.29 bits per heavy atom. The van der Waals surface area contributed by atoms with E-state index in [-0.39, 0.29) is 11.9 Å². The monoisotopic (exact) mass is 324 g/mol. The molecular weight excluding hydrogens is 307 g/mol. The Balaban J connectivity index is 2.04. The predicted octanol–water partition coefficient (Wildman–Crippen LogP) is 3.28. The summed E-state index contributed by atoms with van der Waals surface area (Å²) in [5.41, 5.74) is 8.95. The van der Waals surface area contributed by atoms with Crippen LogP contribution >= 0.6 is 0 Å². The first-order valence-corrected chi connectivity index (χ1v) is 7.51. The number of benzene rings is 2. The third-order valence-electron chi connectivity index (χ3n) is 4.11. The Kier molecular flexibility index (Phi) is 4.30. The predicted molar refractivity (Wildman–Crippen MR) is 89.6 cm³/mol. The summed E-state index contributed by atoms with van der Waals surface area (Å²) in [7, 11) is 1.58. The van der Waals surface area contributed by atoms with E-state index in [0.29, 0.717) is 33.5 Å². The zero-order valence-electron chi connectivity index (χ0n) is 13.4. The number of aromatic amines is 1. The highest BCUT2D eigenvalue weighted by molar-refractivity contribution is 5.82. The van der Waals surface area contributed by atoms with E-state index in [1.165, 1.54) is 6.07 Å². The van der Waals surface area contributed by atoms with Crippen molar-refractivity contribution in [3.8, 4) is 17.2 Å². The molecule has 0 saturated heterocycles. The van der Waals surface area contributed by atoms with Gasteiger partial charge in [-0.1, -0.05) is 12.1 Å². The van der Waals surface area contributed by atoms with Gasteiger partial charge in [-0.05, 0) is 30.7 Å². The van der Waals surface area contributed by atoms with Crippen LogP contribution in [0.2, 0.25) is 0 Å². The van der Waals surface area contributed by atoms with Gasteiger partial charge in [0, 0.05) is 18.7 Å². The number of rotatable bonds is 4. The lowest BCUT2D eigenvalue weighted by Gasteiger charge is -2.15. The fourth-order valence-electron chi connectivity index (χ4n) is 2.52. The van der Waals surface area contributed by atoms with Crippen LogP contribution in [0.15, 0.2) is 36.4 Å². The second-order valence-corrected chi connectivity index (χ2v) is 5.63. The minimum absolute atomic E-state index is 0.214. The third-order valence-corrected chi connectivity index (χ3v) is 4.11. The molecule has 24 heavy (non-hydrogen) atoms. The van der Waals surface area contributed by atoms with E-state index >= 15 is 0 Å². The van der Waals surface area contributed by atoms with Crippen LogP contribution < -0.4 is 5.73 Å². The SMILES string of the molecule is COC(C)C(N)c1nc2cc(-c3ccc(C#N)cc3)c(F)cc2[nH]1. The number of ether oxygens (including phenoxy) is 1. The number of imidazole rings is 1. The van der Waals surface area contributed by atoms with Crippen LogP contribution in [-0.2, 0) is 4.74 Å². The van der Waals surface area contributed by atoms with Crippen molar-refractivity contribution in [2.45, 2.75) is 19.1 Å². The van der Waals surface area contributed by atoms with E-state index in [1.54, 1.807) is 37.4 Å². The lowest BCUT2D eigenvalue weighted by molar-refractivity contribution is 0.0935. The molecule has 0 bridgehead atoms. The minimum Gasteiger partial charge on any atom is -0.380 e. The van der Waals surface area contributed by atoms with Gasteiger partial charge in [0.25, 0.3) is 0 Å². The van der Waals surface area contributed by atoms with Crippen molar-refractivity contribution >= 4 is 11.0 Å². The number of fused-ring (bicyclic) bond motifs is 1. The summed E-state index contributed by atoms with van der Waals surface area (Å²) in [5, 5.41) is 8.85. The topological polar surface area (TPSA) is 87.7 Å². The first kappa shape index (κ1) is 16.1. The molecule has 1 heterocycles. The zero-order valence-corrected chi connectivity index (χ0v) is 13.4. The average Bonchev–Trinajstić information content (AvgIpc) is 3.02. The first-order valence-electron chi connectivity index (χ1n) is 7.51. The van der Waals surface area contributed by atoms with E-state index in [4.69, 9.17) is 15.7 Å². The lowest BCUT2D eigenvalue weighted by atomic mass is 10.0. The molecule has 3 rings (SSSR count). The number of nitriles is 1. The molecule has 0 amide bonds. The van der Waals surface area contributed by atoms with Crippen LogP contribution in [0.4, 0.5) is 4.39 Å². The van der Waals surface area contributed by atoms with E-state index in [0.717, 1.165) is 0 Å². The summed E-state index contributed by atoms with van der Waals surface area (Å²) in [6.45, 7) is 1.85. The molecule has 0 aliphatic carbocycles. The van der Waals surface area contributed by atoms with Crippen LogP contribution in [0.3, 0.4) is 0 Å². The summed E-state index contributed by atoms with van der Waals surface area (Å²) < 4.78 is 19.7. The molecule has 5 nitrogen and oxygen atoms in total. The van der Waals surface area contributed by atoms with E-state index in [2.05, 4.69) is 9.97 Å². The maximum Gasteiger partial charge on any atom is 0.133 e. The summed E-state index contributed by atoms with van der Waals surface area (Å²) >= 11 is 0. The molecule has 0 fully saturated rings. The molecule has 1 aromatic heterocycles. The number of hydrogen-bond donors (Lipinski definition) is 2. The zero-order chi connectivity index (χ0) is 17.3. The molecule has 2 atom stereocenters. The number of H-pyrrole nitrogens is 1. The molecule has 3 N–H and O–H groups in total. The van der Waals surface area contributed by atoms with E-state index < -0.39 is 6.04 Å². The third kappa shape index (κ3) is 2.87. The van der Waals surface area contributed by atoms with Gasteiger partial charge < -0.3 is 15.5 Å². The molecule has 2 aromatic carbocycles. The molecule has 3 aromatic rings. The second-order valence-electron chi connectivity index (χ2n) is 5.63. The smallest absolute Gasteiger partial charge is 0.133 e. The number of nitrogens with one attached hydrogen (secondary N) is 1. The number of aromatic nitrogens is 2. The molecule has 122 valence electrons. The van der Waals surface area contributed by atoms with Crippen LogP contribution in [0.25, 0.3) is 22.2 Å². The Morgan fingerprint density at radius 3 is 2.62 bits per heavy atom. The van der Waals surface area contributed by atoms with Gasteiger partial charge in [0.2, 0.25) is 0 Å². The van der Waals surface area contributed by atoms with Crippen LogP contribution in [0.5, 0.6) is 0 Å². The van der Waals surface area contributed by atoms with Crippen molar-refractivity contribution in [1.82, 2.24) is 9.97 Å². The van der Waals surface area contributed by atoms with Gasteiger partial charge in [0.1, 0.15) is 11.6 Å². The van der Waals surface area contributed by atoms with Crippen molar-refractivity contribution in [3.63, 3.8) is 0 Å². The van der Waals surface area contributed by atoms with Crippen molar-refractivity contribution in [2.75, 3.05) is 7.11 Å². The van der Waals surface area contributed by atoms with Gasteiger partial charge in [-0.15, -0.1) is 0 Å². The fraction of sp³-hybridized carbons (Fsp3) is 0.222. The molecule has 0 radical (unpaired) electrons. The molecule has 0 aliphatic rings. The van der Waals surface area contributed by atoms with Crippen molar-refractivity contribution < 1.29 is 9.13 Å². The Morgan fingerprint density at radius 2 is 2.00 bits per heavy atom. The average molecular weight is 324 g/mol. The van der Waals surface area contributed by atoms with Gasteiger partial charge in [-0.25, -0.2) is 9.37 Å². The molecule has 2 unspecified atom stereocenters. The molecular formula is C18H17FN4O. The highest BCUT2D eigenvalue weighted by Crippen LogP contribution is 2.28. The maximum absolute atomic E-state index is 14.5. The molecule has 0 aliphatic heterocycles. The number of methoxy groups -OCH3 is 1. The minimum atomic E-state index is -0.427. The summed E-state index contributed by atoms with van der Waals surface area (Å²) in [4.78, 5) is 7.51. The van der Waals surface area contributed by atoms with Gasteiger partial charge in [0.05, 0.1) is 34.8 Å². The second kappa shape index (κ2) is 6.40. The number of nitrogens with two attached hydrogens (primary N) is 1. The maximum atomic E-state index is 14.5. The summed E-state index contributed by atoms with van der Waals surface area (Å²) in [5.74, 6) is 0.187. The van der Waals surface area contributed by atoms with Crippen LogP contribution in [-0.4, -0.2) is 23.2 Å². The van der Waals surface area contributed by atoms with Crippen molar-refractivity contribution in [2.24, 2.45) is 5.73 Å². The van der Waals surface area contributed by atoms with Gasteiger partial charge in [-0.3, -0.25) is 0 Å². The van der Waals surface area contributed by atoms with Crippen LogP contribution in [0, 0.1) is 17.1 Å². The molecule has 0 saturated carbocycles. The van der Waals surface area contributed by atoms with Crippen LogP contribution in [0.1, 0.15) is 24.4 Å². The Bertz CT molecular complexity index is 911.